The van der Waals surface area contributed by atoms with E-state index in [0.717, 1.165) is 22.4 Å². The third kappa shape index (κ3) is 4.16. The molecule has 1 heterocycles. The van der Waals surface area contributed by atoms with E-state index < -0.39 is 0 Å². The summed E-state index contributed by atoms with van der Waals surface area (Å²) >= 11 is 1.53. The Bertz CT molecular complexity index is 1070. The Morgan fingerprint density at radius 1 is 1.07 bits per heavy atom. The first-order chi connectivity index (χ1) is 12.7. The molecule has 27 heavy (non-hydrogen) atoms. The van der Waals surface area contributed by atoms with Crippen molar-refractivity contribution in [2.75, 3.05) is 0 Å². The number of hydrogen-bond acceptors (Lipinski definition) is 4. The maximum Gasteiger partial charge on any atom is 0.196 e. The van der Waals surface area contributed by atoms with Crippen LogP contribution in [0.3, 0.4) is 0 Å². The van der Waals surface area contributed by atoms with Crippen molar-refractivity contribution < 1.29 is 4.42 Å². The predicted molar refractivity (Wildman–Crippen MR) is 117 cm³/mol. The van der Waals surface area contributed by atoms with Crippen molar-refractivity contribution in [1.29, 1.82) is 0 Å². The molecule has 0 aliphatic heterocycles. The molecule has 2 aromatic carbocycles. The molecule has 0 aliphatic carbocycles. The molecular formula is C23H25NO2S. The van der Waals surface area contributed by atoms with Crippen molar-refractivity contribution >= 4 is 28.6 Å². The van der Waals surface area contributed by atoms with E-state index in [0.29, 0.717) is 22.3 Å². The number of aryl methyl sites for hydroxylation is 1. The van der Waals surface area contributed by atoms with Crippen LogP contribution in [0.1, 0.15) is 44.4 Å². The highest BCUT2D eigenvalue weighted by molar-refractivity contribution is 7.99. The topological polar surface area (TPSA) is 42.6 Å². The summed E-state index contributed by atoms with van der Waals surface area (Å²) in [6.45, 7) is 12.2. The van der Waals surface area contributed by atoms with Crippen LogP contribution in [0.5, 0.6) is 0 Å². The van der Waals surface area contributed by atoms with Gasteiger partial charge in [-0.1, -0.05) is 30.3 Å². The van der Waals surface area contributed by atoms with Gasteiger partial charge in [0, 0.05) is 21.4 Å². The second-order valence-corrected chi connectivity index (χ2v) is 9.41. The van der Waals surface area contributed by atoms with Crippen LogP contribution in [0.15, 0.2) is 56.1 Å². The first-order valence-electron chi connectivity index (χ1n) is 9.04. The molecule has 0 spiro atoms. The minimum Gasteiger partial charge on any atom is -0.455 e. The third-order valence-corrected chi connectivity index (χ3v) is 5.16. The fourth-order valence-electron chi connectivity index (χ4n) is 2.92. The normalized spacial score (nSPS) is 12.6. The van der Waals surface area contributed by atoms with Crippen LogP contribution in [0.25, 0.3) is 22.3 Å². The Morgan fingerprint density at radius 3 is 2.37 bits per heavy atom. The van der Waals surface area contributed by atoms with E-state index >= 15 is 0 Å². The molecular weight excluding hydrogens is 354 g/mol. The molecule has 140 valence electrons. The molecule has 0 radical (unpaired) electrons. The minimum absolute atomic E-state index is 0.0105. The SMILES string of the molecule is C/C(=N\SC(C)(C)C)c1cc(C)cc2c(=O)c(C)c(-c3ccccc3)oc12. The van der Waals surface area contributed by atoms with Crippen LogP contribution in [0.4, 0.5) is 0 Å². The van der Waals surface area contributed by atoms with E-state index in [1.807, 2.05) is 63.2 Å². The summed E-state index contributed by atoms with van der Waals surface area (Å²) in [7, 11) is 0. The van der Waals surface area contributed by atoms with Crippen molar-refractivity contribution in [1.82, 2.24) is 0 Å². The monoisotopic (exact) mass is 379 g/mol. The van der Waals surface area contributed by atoms with Gasteiger partial charge in [-0.05, 0) is 71.2 Å². The maximum atomic E-state index is 13.1. The van der Waals surface area contributed by atoms with Crippen molar-refractivity contribution in [3.05, 3.63) is 69.4 Å². The van der Waals surface area contributed by atoms with Crippen molar-refractivity contribution in [3.63, 3.8) is 0 Å². The van der Waals surface area contributed by atoms with Gasteiger partial charge in [0.2, 0.25) is 0 Å². The molecule has 0 saturated heterocycles. The van der Waals surface area contributed by atoms with Gasteiger partial charge < -0.3 is 4.42 Å². The summed E-state index contributed by atoms with van der Waals surface area (Å²) < 4.78 is 11.0. The minimum atomic E-state index is 0.0105. The zero-order valence-electron chi connectivity index (χ0n) is 16.7. The van der Waals surface area contributed by atoms with E-state index in [-0.39, 0.29) is 10.2 Å². The Labute approximate surface area is 164 Å². The molecule has 0 unspecified atom stereocenters. The summed E-state index contributed by atoms with van der Waals surface area (Å²) in [6.07, 6.45) is 0. The van der Waals surface area contributed by atoms with Gasteiger partial charge in [0.1, 0.15) is 11.3 Å². The van der Waals surface area contributed by atoms with Crippen LogP contribution >= 0.6 is 11.9 Å². The van der Waals surface area contributed by atoms with Gasteiger partial charge in [0.25, 0.3) is 0 Å². The first kappa shape index (κ1) is 19.4. The van der Waals surface area contributed by atoms with Crippen molar-refractivity contribution in [2.45, 2.75) is 46.3 Å². The average Bonchev–Trinajstić information content (AvgIpc) is 2.62. The molecule has 3 rings (SSSR count). The largest absolute Gasteiger partial charge is 0.455 e. The lowest BCUT2D eigenvalue weighted by Gasteiger charge is -2.15. The van der Waals surface area contributed by atoms with Crippen LogP contribution in [-0.2, 0) is 0 Å². The quantitative estimate of drug-likeness (QED) is 0.394. The van der Waals surface area contributed by atoms with Crippen LogP contribution < -0.4 is 5.43 Å². The lowest BCUT2D eigenvalue weighted by Crippen LogP contribution is -2.10. The van der Waals surface area contributed by atoms with Gasteiger partial charge >= 0.3 is 0 Å². The van der Waals surface area contributed by atoms with Crippen LogP contribution in [0.2, 0.25) is 0 Å². The summed E-state index contributed by atoms with van der Waals surface area (Å²) in [4.78, 5) is 13.1. The van der Waals surface area contributed by atoms with E-state index in [4.69, 9.17) is 4.42 Å². The standard InChI is InChI=1S/C23H25NO2S/c1-14-12-18(16(3)24-27-23(4,5)6)22-19(13-14)20(25)15(2)21(26-22)17-10-8-7-9-11-17/h7-13H,1-6H3/b24-16+. The highest BCUT2D eigenvalue weighted by atomic mass is 32.2. The van der Waals surface area contributed by atoms with Crippen LogP contribution in [0, 0.1) is 13.8 Å². The highest BCUT2D eigenvalue weighted by Crippen LogP contribution is 2.30. The molecule has 1 aromatic heterocycles. The van der Waals surface area contributed by atoms with Gasteiger partial charge in [-0.15, -0.1) is 0 Å². The number of fused-ring (bicyclic) bond motifs is 1. The summed E-state index contributed by atoms with van der Waals surface area (Å²) in [5.74, 6) is 0.620. The second kappa shape index (κ2) is 7.35. The van der Waals surface area contributed by atoms with Gasteiger partial charge in [-0.3, -0.25) is 4.79 Å². The summed E-state index contributed by atoms with van der Waals surface area (Å²) in [5.41, 5.74) is 4.89. The Morgan fingerprint density at radius 2 is 1.74 bits per heavy atom. The van der Waals surface area contributed by atoms with Gasteiger partial charge in [-0.25, -0.2) is 4.40 Å². The van der Waals surface area contributed by atoms with Crippen LogP contribution in [-0.4, -0.2) is 10.5 Å². The maximum absolute atomic E-state index is 13.1. The molecule has 0 saturated carbocycles. The third-order valence-electron chi connectivity index (χ3n) is 4.25. The van der Waals surface area contributed by atoms with E-state index in [1.165, 1.54) is 11.9 Å². The van der Waals surface area contributed by atoms with E-state index in [9.17, 15) is 4.79 Å². The molecule has 3 nitrogen and oxygen atoms in total. The Hall–Kier alpha value is -2.33. The van der Waals surface area contributed by atoms with Gasteiger partial charge in [0.05, 0.1) is 11.1 Å². The molecule has 0 atom stereocenters. The van der Waals surface area contributed by atoms with Gasteiger partial charge in [-0.2, -0.15) is 0 Å². The molecule has 3 aromatic rings. The number of nitrogens with zero attached hydrogens (tertiary/aromatic N) is 1. The average molecular weight is 380 g/mol. The lowest BCUT2D eigenvalue weighted by molar-refractivity contribution is 0.613. The fraction of sp³-hybridized carbons (Fsp3) is 0.304. The summed E-state index contributed by atoms with van der Waals surface area (Å²) in [5, 5.41) is 0.609. The lowest BCUT2D eigenvalue weighted by atomic mass is 10.0. The molecule has 4 heteroatoms. The van der Waals surface area contributed by atoms with Crippen molar-refractivity contribution in [3.8, 4) is 11.3 Å². The molecule has 0 bridgehead atoms. The zero-order chi connectivity index (χ0) is 19.8. The smallest absolute Gasteiger partial charge is 0.196 e. The predicted octanol–water partition coefficient (Wildman–Crippen LogP) is 6.33. The second-order valence-electron chi connectivity index (χ2n) is 7.82. The molecule has 0 fully saturated rings. The van der Waals surface area contributed by atoms with E-state index in [2.05, 4.69) is 25.2 Å². The number of benzene rings is 2. The molecule has 0 amide bonds. The molecule has 0 N–H and O–H groups in total. The summed E-state index contributed by atoms with van der Waals surface area (Å²) in [6, 6.07) is 13.7. The fourth-order valence-corrected chi connectivity index (χ4v) is 3.43. The van der Waals surface area contributed by atoms with E-state index in [1.54, 1.807) is 0 Å². The first-order valence-corrected chi connectivity index (χ1v) is 9.81. The zero-order valence-corrected chi connectivity index (χ0v) is 17.5. The Balaban J connectivity index is 2.29. The number of hydrogen-bond donors (Lipinski definition) is 0. The van der Waals surface area contributed by atoms with Gasteiger partial charge in [0.15, 0.2) is 5.43 Å². The Kier molecular flexibility index (Phi) is 5.29. The van der Waals surface area contributed by atoms with Crippen molar-refractivity contribution in [2.24, 2.45) is 4.40 Å². The highest BCUT2D eigenvalue weighted by Gasteiger charge is 2.18. The molecule has 0 aliphatic rings. The number of rotatable bonds is 3.